The number of hydrogen-bond donors (Lipinski definition) is 1. The second kappa shape index (κ2) is 8.00. The van der Waals surface area contributed by atoms with Crippen molar-refractivity contribution >= 4 is 17.9 Å². The van der Waals surface area contributed by atoms with Crippen molar-refractivity contribution in [1.29, 1.82) is 0 Å². The molecule has 1 saturated heterocycles. The van der Waals surface area contributed by atoms with E-state index in [1.807, 2.05) is 39.8 Å². The van der Waals surface area contributed by atoms with Crippen LogP contribution in [0.15, 0.2) is 60.9 Å². The van der Waals surface area contributed by atoms with Crippen molar-refractivity contribution in [3.8, 4) is 5.69 Å². The Hall–Kier alpha value is -2.65. The average Bonchev–Trinajstić information content (AvgIpc) is 3.09. The molecule has 0 radical (unpaired) electrons. The van der Waals surface area contributed by atoms with Gasteiger partial charge in [0.25, 0.3) is 0 Å². The predicted molar refractivity (Wildman–Crippen MR) is 107 cm³/mol. The third-order valence-corrected chi connectivity index (χ3v) is 5.56. The lowest BCUT2D eigenvalue weighted by molar-refractivity contribution is -0.924. The van der Waals surface area contributed by atoms with Gasteiger partial charge in [0, 0.05) is 11.4 Å². The lowest BCUT2D eigenvalue weighted by Crippen LogP contribution is -3.14. The van der Waals surface area contributed by atoms with Gasteiger partial charge in [-0.05, 0) is 42.5 Å². The molecule has 0 atom stereocenters. The van der Waals surface area contributed by atoms with Crippen molar-refractivity contribution in [2.75, 3.05) is 31.1 Å². The summed E-state index contributed by atoms with van der Waals surface area (Å²) < 4.78 is 43.2. The van der Waals surface area contributed by atoms with Gasteiger partial charge in [0.1, 0.15) is 6.33 Å². The van der Waals surface area contributed by atoms with E-state index >= 15 is 0 Å². The standard InChI is InChI=1S/C20H20F3N5S/c21-20(22,23)16-5-4-8-18(13-16)26-11-9-25(10-12-26)15-28-19(29)27(14-24-28)17-6-2-1-3-7-17/h1-8,13-14H,9-12,15H2/p+1. The zero-order valence-electron chi connectivity index (χ0n) is 15.6. The van der Waals surface area contributed by atoms with Crippen LogP contribution in [0.5, 0.6) is 0 Å². The topological polar surface area (TPSA) is 30.4 Å². The Balaban J connectivity index is 1.40. The summed E-state index contributed by atoms with van der Waals surface area (Å²) in [6, 6.07) is 15.3. The SMILES string of the molecule is FC(F)(F)c1cccc(N2CC[NH+](Cn3ncn(-c4ccccc4)c3=S)CC2)c1. The van der Waals surface area contributed by atoms with E-state index in [4.69, 9.17) is 12.2 Å². The van der Waals surface area contributed by atoms with Crippen molar-refractivity contribution in [1.82, 2.24) is 14.3 Å². The lowest BCUT2D eigenvalue weighted by Gasteiger charge is -2.33. The van der Waals surface area contributed by atoms with Crippen LogP contribution < -0.4 is 9.80 Å². The van der Waals surface area contributed by atoms with E-state index in [1.165, 1.54) is 17.0 Å². The highest BCUT2D eigenvalue weighted by atomic mass is 32.1. The smallest absolute Gasteiger partial charge is 0.360 e. The lowest BCUT2D eigenvalue weighted by atomic mass is 10.1. The molecule has 1 aliphatic rings. The maximum atomic E-state index is 13.0. The van der Waals surface area contributed by atoms with E-state index in [9.17, 15) is 13.2 Å². The van der Waals surface area contributed by atoms with Crippen LogP contribution in [0.25, 0.3) is 5.69 Å². The fourth-order valence-electron chi connectivity index (χ4n) is 3.54. The van der Waals surface area contributed by atoms with Gasteiger partial charge in [-0.25, -0.2) is 0 Å². The number of aromatic nitrogens is 3. The molecule has 1 N–H and O–H groups in total. The number of nitrogens with zero attached hydrogens (tertiary/aromatic N) is 4. The van der Waals surface area contributed by atoms with Crippen LogP contribution in [0.1, 0.15) is 5.56 Å². The van der Waals surface area contributed by atoms with Crippen molar-refractivity contribution < 1.29 is 18.1 Å². The molecule has 0 amide bonds. The average molecular weight is 420 g/mol. The second-order valence-electron chi connectivity index (χ2n) is 7.06. The van der Waals surface area contributed by atoms with E-state index in [0.717, 1.165) is 24.8 Å². The van der Waals surface area contributed by atoms with Gasteiger partial charge in [-0.2, -0.15) is 23.0 Å². The Kier molecular flexibility index (Phi) is 5.42. The number of hydrogen-bond acceptors (Lipinski definition) is 3. The number of nitrogens with one attached hydrogen (secondary N) is 1. The summed E-state index contributed by atoms with van der Waals surface area (Å²) >= 11 is 5.56. The van der Waals surface area contributed by atoms with Gasteiger partial charge in [0.2, 0.25) is 4.77 Å². The fourth-order valence-corrected chi connectivity index (χ4v) is 3.81. The minimum absolute atomic E-state index is 0.609. The van der Waals surface area contributed by atoms with Crippen molar-refractivity contribution in [3.63, 3.8) is 0 Å². The zero-order valence-corrected chi connectivity index (χ0v) is 16.5. The number of rotatable bonds is 4. The van der Waals surface area contributed by atoms with E-state index in [1.54, 1.807) is 17.1 Å². The summed E-state index contributed by atoms with van der Waals surface area (Å²) in [7, 11) is 0. The molecule has 0 unspecified atom stereocenters. The Labute approximate surface area is 171 Å². The van der Waals surface area contributed by atoms with Crippen LogP contribution in [-0.4, -0.2) is 40.5 Å². The minimum Gasteiger partial charge on any atom is -0.360 e. The first kappa shape index (κ1) is 19.7. The van der Waals surface area contributed by atoms with Crippen LogP contribution in [0.3, 0.4) is 0 Å². The first-order valence-corrected chi connectivity index (χ1v) is 9.78. The molecule has 1 aromatic heterocycles. The molecule has 3 aromatic rings. The molecule has 29 heavy (non-hydrogen) atoms. The molecule has 0 saturated carbocycles. The molecular formula is C20H21F3N5S+. The summed E-state index contributed by atoms with van der Waals surface area (Å²) in [4.78, 5) is 3.29. The first-order chi connectivity index (χ1) is 13.9. The molecule has 0 spiro atoms. The zero-order chi connectivity index (χ0) is 20.4. The van der Waals surface area contributed by atoms with Gasteiger partial charge in [0.15, 0.2) is 6.67 Å². The van der Waals surface area contributed by atoms with Crippen LogP contribution in [-0.2, 0) is 12.8 Å². The van der Waals surface area contributed by atoms with Crippen molar-refractivity contribution in [2.45, 2.75) is 12.8 Å². The monoisotopic (exact) mass is 420 g/mol. The normalized spacial score (nSPS) is 15.6. The van der Waals surface area contributed by atoms with Crippen LogP contribution in [0, 0.1) is 4.77 Å². The number of anilines is 1. The third-order valence-electron chi connectivity index (χ3n) is 5.15. The quantitative estimate of drug-likeness (QED) is 0.659. The molecule has 1 fully saturated rings. The van der Waals surface area contributed by atoms with Gasteiger partial charge < -0.3 is 9.80 Å². The highest BCUT2D eigenvalue weighted by Crippen LogP contribution is 2.31. The van der Waals surface area contributed by atoms with Crippen LogP contribution in [0.2, 0.25) is 0 Å². The highest BCUT2D eigenvalue weighted by Gasteiger charge is 2.31. The summed E-state index contributed by atoms with van der Waals surface area (Å²) in [5, 5.41) is 4.42. The molecule has 2 aromatic carbocycles. The van der Waals surface area contributed by atoms with Crippen LogP contribution in [0.4, 0.5) is 18.9 Å². The van der Waals surface area contributed by atoms with E-state index in [0.29, 0.717) is 30.2 Å². The maximum Gasteiger partial charge on any atom is 0.416 e. The molecule has 9 heteroatoms. The highest BCUT2D eigenvalue weighted by molar-refractivity contribution is 7.71. The van der Waals surface area contributed by atoms with Gasteiger partial charge in [-0.3, -0.25) is 4.57 Å². The molecule has 5 nitrogen and oxygen atoms in total. The number of alkyl halides is 3. The largest absolute Gasteiger partial charge is 0.416 e. The number of halogens is 3. The van der Waals surface area contributed by atoms with Crippen LogP contribution >= 0.6 is 12.2 Å². The maximum absolute atomic E-state index is 13.0. The van der Waals surface area contributed by atoms with Crippen molar-refractivity contribution in [3.05, 3.63) is 71.3 Å². The molecule has 1 aliphatic heterocycles. The summed E-state index contributed by atoms with van der Waals surface area (Å²) in [5.74, 6) is 0. The number of piperazine rings is 1. The molecule has 2 heterocycles. The minimum atomic E-state index is -4.32. The summed E-state index contributed by atoms with van der Waals surface area (Å²) in [6.07, 6.45) is -2.60. The molecule has 4 rings (SSSR count). The Morgan fingerprint density at radius 1 is 0.966 bits per heavy atom. The number of para-hydroxylation sites is 1. The van der Waals surface area contributed by atoms with E-state index < -0.39 is 11.7 Å². The summed E-state index contributed by atoms with van der Waals surface area (Å²) in [6.45, 7) is 3.61. The molecular weight excluding hydrogens is 399 g/mol. The van der Waals surface area contributed by atoms with Crippen molar-refractivity contribution in [2.24, 2.45) is 0 Å². The predicted octanol–water partition coefficient (Wildman–Crippen LogP) is 2.78. The fraction of sp³-hybridized carbons (Fsp3) is 0.300. The number of benzene rings is 2. The van der Waals surface area contributed by atoms with Gasteiger partial charge >= 0.3 is 6.18 Å². The third kappa shape index (κ3) is 4.35. The molecule has 0 aliphatic carbocycles. The Morgan fingerprint density at radius 3 is 2.34 bits per heavy atom. The van der Waals surface area contributed by atoms with Gasteiger partial charge in [0.05, 0.1) is 31.7 Å². The molecule has 0 bridgehead atoms. The Morgan fingerprint density at radius 2 is 1.66 bits per heavy atom. The van der Waals surface area contributed by atoms with Gasteiger partial charge in [-0.15, -0.1) is 0 Å². The molecule has 152 valence electrons. The Bertz CT molecular complexity index is 1020. The summed E-state index contributed by atoms with van der Waals surface area (Å²) in [5.41, 5.74) is 0.972. The number of quaternary nitrogens is 1. The van der Waals surface area contributed by atoms with E-state index in [2.05, 4.69) is 5.10 Å². The second-order valence-corrected chi connectivity index (χ2v) is 7.43. The first-order valence-electron chi connectivity index (χ1n) is 9.37. The van der Waals surface area contributed by atoms with E-state index in [-0.39, 0.29) is 0 Å². The van der Waals surface area contributed by atoms with Gasteiger partial charge in [-0.1, -0.05) is 24.3 Å².